The number of carbonyl (C=O) groups is 1. The number of β-amino-alcohol motifs (C(OH)–C–C–N with tert-alkyl or cyclic N) is 1. The van der Waals surface area contributed by atoms with Crippen molar-refractivity contribution in [2.75, 3.05) is 13.1 Å². The molecule has 1 N–H and O–H groups in total. The molecule has 9 heteroatoms. The summed E-state index contributed by atoms with van der Waals surface area (Å²) < 4.78 is 35.3. The highest BCUT2D eigenvalue weighted by Crippen LogP contribution is 2.53. The Kier molecular flexibility index (Phi) is 5.48. The molecule has 7 nitrogen and oxygen atoms in total. The lowest BCUT2D eigenvalue weighted by Gasteiger charge is -2.44. The molecule has 5 rings (SSSR count). The minimum Gasteiger partial charge on any atom is -0.441 e. The molecule has 0 spiro atoms. The molecular formula is C22H29ClN2O5S. The number of aliphatic hydroxyl groups excluding tert-OH is 1. The normalized spacial score (nSPS) is 30.9. The smallest absolute Gasteiger partial charge is 0.410 e. The van der Waals surface area contributed by atoms with Crippen LogP contribution in [0, 0.1) is 5.92 Å². The highest BCUT2D eigenvalue weighted by atomic mass is 35.5. The van der Waals surface area contributed by atoms with Crippen LogP contribution in [0.4, 0.5) is 4.79 Å². The number of benzene rings is 1. The van der Waals surface area contributed by atoms with Gasteiger partial charge in [-0.25, -0.2) is 13.2 Å². The van der Waals surface area contributed by atoms with E-state index in [2.05, 4.69) is 0 Å². The third kappa shape index (κ3) is 4.08. The highest BCUT2D eigenvalue weighted by molar-refractivity contribution is 7.89. The predicted molar refractivity (Wildman–Crippen MR) is 115 cm³/mol. The number of halogens is 1. The molecule has 4 aliphatic rings. The summed E-state index contributed by atoms with van der Waals surface area (Å²) in [6.45, 7) is 0.745. The lowest BCUT2D eigenvalue weighted by Crippen LogP contribution is -2.57. The molecule has 0 unspecified atom stereocenters. The average Bonchev–Trinajstić information content (AvgIpc) is 3.67. The van der Waals surface area contributed by atoms with Gasteiger partial charge in [-0.05, 0) is 75.1 Å². The number of piperidine rings is 1. The fraction of sp³-hybridized carbons (Fsp3) is 0.682. The van der Waals surface area contributed by atoms with Gasteiger partial charge in [-0.15, -0.1) is 0 Å². The molecule has 0 radical (unpaired) electrons. The molecule has 2 aliphatic heterocycles. The number of amides is 1. The second-order valence-corrected chi connectivity index (χ2v) is 11.7. The van der Waals surface area contributed by atoms with Crippen molar-refractivity contribution in [1.29, 1.82) is 0 Å². The summed E-state index contributed by atoms with van der Waals surface area (Å²) in [6.07, 6.45) is 5.48. The Labute approximate surface area is 188 Å². The number of ether oxygens (including phenoxy) is 1. The first kappa shape index (κ1) is 21.5. The Morgan fingerprint density at radius 1 is 1.10 bits per heavy atom. The first-order valence-corrected chi connectivity index (χ1v) is 13.1. The van der Waals surface area contributed by atoms with E-state index in [1.807, 2.05) is 0 Å². The number of hydrogen-bond acceptors (Lipinski definition) is 5. The zero-order chi connectivity index (χ0) is 21.8. The maximum absolute atomic E-state index is 13.8. The van der Waals surface area contributed by atoms with Crippen molar-refractivity contribution in [3.8, 4) is 0 Å². The zero-order valence-corrected chi connectivity index (χ0v) is 19.0. The topological polar surface area (TPSA) is 87.2 Å². The van der Waals surface area contributed by atoms with Gasteiger partial charge in [-0.1, -0.05) is 18.0 Å². The summed E-state index contributed by atoms with van der Waals surface area (Å²) in [7, 11) is -3.76. The maximum Gasteiger partial charge on any atom is 0.410 e. The van der Waals surface area contributed by atoms with E-state index in [9.17, 15) is 18.3 Å². The molecule has 4 fully saturated rings. The minimum atomic E-state index is -3.76. The van der Waals surface area contributed by atoms with Crippen molar-refractivity contribution in [3.05, 3.63) is 29.3 Å². The number of nitrogens with zero attached hydrogens (tertiary/aromatic N) is 2. The van der Waals surface area contributed by atoms with Crippen LogP contribution in [0.3, 0.4) is 0 Å². The molecule has 170 valence electrons. The van der Waals surface area contributed by atoms with Crippen LogP contribution >= 0.6 is 11.6 Å². The average molecular weight is 469 g/mol. The van der Waals surface area contributed by atoms with Gasteiger partial charge in [0.05, 0.1) is 17.0 Å². The first-order chi connectivity index (χ1) is 14.8. The standard InChI is InChI=1S/C22H29ClN2O5S/c23-16-6-8-18(9-7-16)31(28,29)25-19(15-4-5-15)2-1-3-20(25)22(11-12-22)30-21(27)24-13-10-17(26)14-24/h6-9,15,17,19-20,26H,1-5,10-14H2/t17-,19+,20-/m1/s1. The lowest BCUT2D eigenvalue weighted by molar-refractivity contribution is -0.00946. The third-order valence-electron chi connectivity index (χ3n) is 7.23. The SMILES string of the molecule is O=C(OC1([C@H]2CCC[C@@H](C3CC3)N2S(=O)(=O)c2ccc(Cl)cc2)CC1)N1CC[C@@H](O)C1. The van der Waals surface area contributed by atoms with E-state index in [-0.39, 0.29) is 23.5 Å². The second kappa shape index (κ2) is 7.90. The zero-order valence-electron chi connectivity index (χ0n) is 17.5. The van der Waals surface area contributed by atoms with E-state index in [0.717, 1.165) is 25.7 Å². The van der Waals surface area contributed by atoms with Crippen LogP contribution in [-0.4, -0.2) is 65.7 Å². The predicted octanol–water partition coefficient (Wildman–Crippen LogP) is 3.40. The van der Waals surface area contributed by atoms with E-state index in [0.29, 0.717) is 43.2 Å². The molecular weight excluding hydrogens is 440 g/mol. The number of aliphatic hydroxyl groups is 1. The Bertz CT molecular complexity index is 945. The van der Waals surface area contributed by atoms with Crippen LogP contribution in [-0.2, 0) is 14.8 Å². The van der Waals surface area contributed by atoms with Gasteiger partial charge in [0.1, 0.15) is 5.60 Å². The van der Waals surface area contributed by atoms with Crippen LogP contribution in [0.15, 0.2) is 29.2 Å². The highest BCUT2D eigenvalue weighted by Gasteiger charge is 2.61. The van der Waals surface area contributed by atoms with E-state index >= 15 is 0 Å². The fourth-order valence-corrected chi connectivity index (χ4v) is 7.39. The van der Waals surface area contributed by atoms with Crippen LogP contribution < -0.4 is 0 Å². The van der Waals surface area contributed by atoms with Gasteiger partial charge in [-0.3, -0.25) is 0 Å². The minimum absolute atomic E-state index is 0.0517. The van der Waals surface area contributed by atoms with Gasteiger partial charge in [0.2, 0.25) is 10.0 Å². The number of hydrogen-bond donors (Lipinski definition) is 1. The number of sulfonamides is 1. The fourth-order valence-electron chi connectivity index (χ4n) is 5.27. The quantitative estimate of drug-likeness (QED) is 0.715. The molecule has 2 saturated carbocycles. The summed E-state index contributed by atoms with van der Waals surface area (Å²) in [6, 6.07) is 5.92. The van der Waals surface area contributed by atoms with Crippen molar-refractivity contribution in [2.24, 2.45) is 5.92 Å². The molecule has 31 heavy (non-hydrogen) atoms. The summed E-state index contributed by atoms with van der Waals surface area (Å²) >= 11 is 5.99. The Balaban J connectivity index is 1.44. The Hall–Kier alpha value is -1.35. The summed E-state index contributed by atoms with van der Waals surface area (Å²) in [5.74, 6) is 0.380. The Morgan fingerprint density at radius 2 is 1.81 bits per heavy atom. The third-order valence-corrected chi connectivity index (χ3v) is 9.43. The van der Waals surface area contributed by atoms with Crippen LogP contribution in [0.5, 0.6) is 0 Å². The number of likely N-dealkylation sites (tertiary alicyclic amines) is 1. The summed E-state index contributed by atoms with van der Waals surface area (Å²) in [5.41, 5.74) is -0.766. The van der Waals surface area contributed by atoms with Crippen molar-refractivity contribution in [2.45, 2.75) is 80.1 Å². The van der Waals surface area contributed by atoms with Gasteiger partial charge in [0, 0.05) is 24.2 Å². The van der Waals surface area contributed by atoms with E-state index < -0.39 is 27.8 Å². The first-order valence-electron chi connectivity index (χ1n) is 11.3. The van der Waals surface area contributed by atoms with E-state index in [4.69, 9.17) is 16.3 Å². The molecule has 1 amide bonds. The molecule has 0 bridgehead atoms. The molecule has 0 aromatic heterocycles. The molecule has 3 atom stereocenters. The van der Waals surface area contributed by atoms with Gasteiger partial charge in [0.15, 0.2) is 0 Å². The molecule has 2 saturated heterocycles. The summed E-state index contributed by atoms with van der Waals surface area (Å²) in [4.78, 5) is 14.6. The molecule has 2 heterocycles. The van der Waals surface area contributed by atoms with E-state index in [1.165, 1.54) is 4.90 Å². The van der Waals surface area contributed by atoms with Gasteiger partial charge >= 0.3 is 6.09 Å². The van der Waals surface area contributed by atoms with Gasteiger partial charge in [0.25, 0.3) is 0 Å². The molecule has 2 aliphatic carbocycles. The summed E-state index contributed by atoms with van der Waals surface area (Å²) in [5, 5.41) is 10.3. The molecule has 1 aromatic carbocycles. The van der Waals surface area contributed by atoms with E-state index in [1.54, 1.807) is 28.6 Å². The van der Waals surface area contributed by atoms with Crippen molar-refractivity contribution in [1.82, 2.24) is 9.21 Å². The van der Waals surface area contributed by atoms with Crippen molar-refractivity contribution >= 4 is 27.7 Å². The Morgan fingerprint density at radius 3 is 2.39 bits per heavy atom. The van der Waals surface area contributed by atoms with Crippen LogP contribution in [0.1, 0.15) is 51.4 Å². The largest absolute Gasteiger partial charge is 0.441 e. The second-order valence-electron chi connectivity index (χ2n) is 9.46. The van der Waals surface area contributed by atoms with Gasteiger partial charge < -0.3 is 14.7 Å². The maximum atomic E-state index is 13.8. The monoisotopic (exact) mass is 468 g/mol. The lowest BCUT2D eigenvalue weighted by atomic mass is 9.91. The number of carbonyl (C=O) groups excluding carboxylic acids is 1. The van der Waals surface area contributed by atoms with Crippen LogP contribution in [0.2, 0.25) is 5.02 Å². The van der Waals surface area contributed by atoms with Gasteiger partial charge in [-0.2, -0.15) is 4.31 Å². The number of rotatable bonds is 5. The molecule has 1 aromatic rings. The van der Waals surface area contributed by atoms with Crippen LogP contribution in [0.25, 0.3) is 0 Å². The van der Waals surface area contributed by atoms with Crippen molar-refractivity contribution < 1.29 is 23.1 Å². The van der Waals surface area contributed by atoms with Crippen molar-refractivity contribution in [3.63, 3.8) is 0 Å².